The summed E-state index contributed by atoms with van der Waals surface area (Å²) in [6, 6.07) is 7.03. The van der Waals surface area contributed by atoms with Gasteiger partial charge in [0, 0.05) is 5.69 Å². The van der Waals surface area contributed by atoms with E-state index in [4.69, 9.17) is 10.8 Å². The van der Waals surface area contributed by atoms with Gasteiger partial charge in [-0.2, -0.15) is 0 Å². The highest BCUT2D eigenvalue weighted by molar-refractivity contribution is 7.99. The molecule has 1 aromatic carbocycles. The molecule has 1 unspecified atom stereocenters. The molecule has 0 aliphatic rings. The number of aliphatic carboxylic acids is 1. The molecule has 0 amide bonds. The van der Waals surface area contributed by atoms with Crippen LogP contribution in [0.5, 0.6) is 0 Å². The Morgan fingerprint density at radius 1 is 1.54 bits per heavy atom. The van der Waals surface area contributed by atoms with Crippen LogP contribution in [0.25, 0.3) is 0 Å². The maximum Gasteiger partial charge on any atom is 0.321 e. The van der Waals surface area contributed by atoms with Crippen LogP contribution >= 0.6 is 11.8 Å². The summed E-state index contributed by atoms with van der Waals surface area (Å²) in [6.07, 6.45) is 1.76. The first-order valence-electron chi connectivity index (χ1n) is 3.77. The standard InChI is InChI=1S/C9H11NO2S/c1-13-8(9(11)12)6-4-2-3-5-7(6)10/h2-5,8H,10H2,1H3,(H,11,12). The van der Waals surface area contributed by atoms with Gasteiger partial charge in [-0.3, -0.25) is 4.79 Å². The van der Waals surface area contributed by atoms with Gasteiger partial charge >= 0.3 is 5.97 Å². The van der Waals surface area contributed by atoms with Gasteiger partial charge in [0.05, 0.1) is 0 Å². The number of thioether (sulfide) groups is 1. The number of carboxylic acids is 1. The molecule has 1 atom stereocenters. The Labute approximate surface area is 80.9 Å². The minimum atomic E-state index is -0.856. The molecule has 0 radical (unpaired) electrons. The molecule has 13 heavy (non-hydrogen) atoms. The van der Waals surface area contributed by atoms with E-state index in [0.29, 0.717) is 11.3 Å². The second-order valence-corrected chi connectivity index (χ2v) is 3.53. The van der Waals surface area contributed by atoms with Gasteiger partial charge in [0.2, 0.25) is 0 Å². The first kappa shape index (κ1) is 9.92. The van der Waals surface area contributed by atoms with Gasteiger partial charge in [0.25, 0.3) is 0 Å². The van der Waals surface area contributed by atoms with Crippen molar-refractivity contribution in [3.05, 3.63) is 29.8 Å². The van der Waals surface area contributed by atoms with Crippen LogP contribution in [-0.2, 0) is 4.79 Å². The third-order valence-electron chi connectivity index (χ3n) is 1.74. The fourth-order valence-corrected chi connectivity index (χ4v) is 1.78. The fraction of sp³-hybridized carbons (Fsp3) is 0.222. The average molecular weight is 197 g/mol. The average Bonchev–Trinajstić information content (AvgIpc) is 2.09. The zero-order chi connectivity index (χ0) is 9.84. The fourth-order valence-electron chi connectivity index (χ4n) is 1.11. The van der Waals surface area contributed by atoms with Gasteiger partial charge in [-0.05, 0) is 17.9 Å². The number of benzene rings is 1. The van der Waals surface area contributed by atoms with Crippen LogP contribution in [0.4, 0.5) is 5.69 Å². The maximum atomic E-state index is 10.8. The second-order valence-electron chi connectivity index (χ2n) is 2.58. The van der Waals surface area contributed by atoms with E-state index in [-0.39, 0.29) is 0 Å². The van der Waals surface area contributed by atoms with E-state index in [1.807, 2.05) is 0 Å². The lowest BCUT2D eigenvalue weighted by Crippen LogP contribution is -2.09. The van der Waals surface area contributed by atoms with Crippen molar-refractivity contribution in [3.8, 4) is 0 Å². The van der Waals surface area contributed by atoms with Crippen molar-refractivity contribution in [1.82, 2.24) is 0 Å². The Balaban J connectivity index is 3.04. The lowest BCUT2D eigenvalue weighted by Gasteiger charge is -2.11. The van der Waals surface area contributed by atoms with Gasteiger partial charge in [-0.1, -0.05) is 18.2 Å². The number of para-hydroxylation sites is 1. The van der Waals surface area contributed by atoms with Crippen molar-refractivity contribution in [2.24, 2.45) is 0 Å². The highest BCUT2D eigenvalue weighted by atomic mass is 32.2. The van der Waals surface area contributed by atoms with Gasteiger partial charge < -0.3 is 10.8 Å². The molecule has 1 rings (SSSR count). The van der Waals surface area contributed by atoms with Crippen molar-refractivity contribution in [2.45, 2.75) is 5.25 Å². The van der Waals surface area contributed by atoms with E-state index in [9.17, 15) is 4.79 Å². The number of rotatable bonds is 3. The molecule has 0 spiro atoms. The molecular formula is C9H11NO2S. The number of anilines is 1. The number of hydrogen-bond donors (Lipinski definition) is 2. The Hall–Kier alpha value is -1.16. The van der Waals surface area contributed by atoms with Gasteiger partial charge in [0.15, 0.2) is 0 Å². The monoisotopic (exact) mass is 197 g/mol. The third kappa shape index (κ3) is 2.15. The summed E-state index contributed by atoms with van der Waals surface area (Å²) in [5.41, 5.74) is 6.86. The molecule has 1 aromatic rings. The van der Waals surface area contributed by atoms with Crippen LogP contribution < -0.4 is 5.73 Å². The van der Waals surface area contributed by atoms with E-state index in [0.717, 1.165) is 0 Å². The number of carboxylic acid groups (broad SMARTS) is 1. The van der Waals surface area contributed by atoms with Crippen molar-refractivity contribution in [1.29, 1.82) is 0 Å². The van der Waals surface area contributed by atoms with Crippen LogP contribution in [0.1, 0.15) is 10.8 Å². The zero-order valence-corrected chi connectivity index (χ0v) is 8.04. The SMILES string of the molecule is CSC(C(=O)O)c1ccccc1N. The van der Waals surface area contributed by atoms with Crippen LogP contribution in [0.15, 0.2) is 24.3 Å². The summed E-state index contributed by atoms with van der Waals surface area (Å²) in [7, 11) is 0. The summed E-state index contributed by atoms with van der Waals surface area (Å²) >= 11 is 1.27. The Morgan fingerprint density at radius 2 is 2.15 bits per heavy atom. The summed E-state index contributed by atoms with van der Waals surface area (Å²) in [5, 5.41) is 8.31. The topological polar surface area (TPSA) is 63.3 Å². The minimum absolute atomic E-state index is 0.532. The molecule has 0 saturated carbocycles. The summed E-state index contributed by atoms with van der Waals surface area (Å²) < 4.78 is 0. The van der Waals surface area contributed by atoms with E-state index < -0.39 is 11.2 Å². The molecule has 0 fully saturated rings. The quantitative estimate of drug-likeness (QED) is 0.725. The number of nitrogens with two attached hydrogens (primary N) is 1. The van der Waals surface area contributed by atoms with Gasteiger partial charge in [-0.25, -0.2) is 0 Å². The summed E-state index contributed by atoms with van der Waals surface area (Å²) in [5.74, 6) is -0.856. The molecule has 0 bridgehead atoms. The maximum absolute atomic E-state index is 10.8. The molecule has 4 heteroatoms. The van der Waals surface area contributed by atoms with Crippen molar-refractivity contribution >= 4 is 23.4 Å². The number of hydrogen-bond acceptors (Lipinski definition) is 3. The first-order chi connectivity index (χ1) is 6.16. The summed E-state index contributed by atoms with van der Waals surface area (Å²) in [6.45, 7) is 0. The minimum Gasteiger partial charge on any atom is -0.480 e. The molecule has 3 nitrogen and oxygen atoms in total. The molecule has 0 saturated heterocycles. The number of nitrogen functional groups attached to an aromatic ring is 1. The van der Waals surface area contributed by atoms with Crippen molar-refractivity contribution < 1.29 is 9.90 Å². The highest BCUT2D eigenvalue weighted by Crippen LogP contribution is 2.30. The largest absolute Gasteiger partial charge is 0.480 e. The van der Waals surface area contributed by atoms with Gasteiger partial charge in [0.1, 0.15) is 5.25 Å². The van der Waals surface area contributed by atoms with E-state index in [2.05, 4.69) is 0 Å². The van der Waals surface area contributed by atoms with Crippen molar-refractivity contribution in [3.63, 3.8) is 0 Å². The zero-order valence-electron chi connectivity index (χ0n) is 7.23. The molecule has 0 aromatic heterocycles. The summed E-state index contributed by atoms with van der Waals surface area (Å²) in [4.78, 5) is 10.8. The first-order valence-corrected chi connectivity index (χ1v) is 5.05. The molecule has 3 N–H and O–H groups in total. The smallest absolute Gasteiger partial charge is 0.321 e. The van der Waals surface area contributed by atoms with Crippen molar-refractivity contribution in [2.75, 3.05) is 12.0 Å². The number of carbonyl (C=O) groups is 1. The Bertz CT molecular complexity index is 314. The van der Waals surface area contributed by atoms with E-state index >= 15 is 0 Å². The molecule has 70 valence electrons. The third-order valence-corrected chi connectivity index (χ3v) is 2.67. The van der Waals surface area contributed by atoms with Crippen LogP contribution in [0.3, 0.4) is 0 Å². The second kappa shape index (κ2) is 4.18. The molecule has 0 heterocycles. The van der Waals surface area contributed by atoms with E-state index in [1.165, 1.54) is 11.8 Å². The lowest BCUT2D eigenvalue weighted by atomic mass is 10.1. The lowest BCUT2D eigenvalue weighted by molar-refractivity contribution is -0.136. The predicted molar refractivity (Wildman–Crippen MR) is 54.7 cm³/mol. The van der Waals surface area contributed by atoms with E-state index in [1.54, 1.807) is 30.5 Å². The normalized spacial score (nSPS) is 12.4. The van der Waals surface area contributed by atoms with Gasteiger partial charge in [-0.15, -0.1) is 11.8 Å². The molecule has 0 aliphatic heterocycles. The van der Waals surface area contributed by atoms with Crippen LogP contribution in [0.2, 0.25) is 0 Å². The highest BCUT2D eigenvalue weighted by Gasteiger charge is 2.19. The predicted octanol–water partition coefficient (Wildman–Crippen LogP) is 1.76. The Morgan fingerprint density at radius 3 is 2.62 bits per heavy atom. The van der Waals surface area contributed by atoms with Crippen LogP contribution in [-0.4, -0.2) is 17.3 Å². The molecular weight excluding hydrogens is 186 g/mol. The van der Waals surface area contributed by atoms with Crippen LogP contribution in [0, 0.1) is 0 Å². The molecule has 0 aliphatic carbocycles. The Kier molecular flexibility index (Phi) is 3.19.